The lowest BCUT2D eigenvalue weighted by molar-refractivity contribution is -0.192. The van der Waals surface area contributed by atoms with Crippen molar-refractivity contribution in [3.8, 4) is 0 Å². The fourth-order valence-electron chi connectivity index (χ4n) is 3.42. The predicted octanol–water partition coefficient (Wildman–Crippen LogP) is 2.53. The Balaban J connectivity index is 0.000000673. The number of hydrogen-bond donors (Lipinski definition) is 3. The molecule has 39 heavy (non-hydrogen) atoms. The molecule has 0 unspecified atom stereocenters. The summed E-state index contributed by atoms with van der Waals surface area (Å²) in [4.78, 5) is 27.3. The molecule has 0 aromatic heterocycles. The summed E-state index contributed by atoms with van der Waals surface area (Å²) < 4.78 is 70.0. The van der Waals surface area contributed by atoms with Gasteiger partial charge in [0.25, 0.3) is 0 Å². The van der Waals surface area contributed by atoms with Gasteiger partial charge in [-0.3, -0.25) is 9.79 Å². The van der Waals surface area contributed by atoms with Crippen LogP contribution >= 0.6 is 0 Å². The minimum absolute atomic E-state index is 0.0322. The molecule has 1 heterocycles. The molecule has 2 aromatic carbocycles. The normalized spacial score (nSPS) is 13.1. The Morgan fingerprint density at radius 1 is 1.15 bits per heavy atom. The second-order valence-corrected chi connectivity index (χ2v) is 10.6. The van der Waals surface area contributed by atoms with Crippen LogP contribution in [-0.2, 0) is 25.8 Å². The Morgan fingerprint density at radius 2 is 1.79 bits per heavy atom. The third-order valence-corrected chi connectivity index (χ3v) is 7.29. The second kappa shape index (κ2) is 14.0. The zero-order valence-electron chi connectivity index (χ0n) is 21.4. The number of carbonyl (C=O) groups excluding carboxylic acids is 1. The second-order valence-electron chi connectivity index (χ2n) is 8.64. The SMILES string of the molecule is Cc1ccc(F)cc1S(=O)(=O)CNCCC(=O)N(C)CCc1ccc(C2=NCCN2)cc1.O=C(O)C(F)(F)F. The standard InChI is InChI=1S/C23H29FN4O3S.C2HF3O2/c1-17-3-8-20(24)15-21(17)32(30,31)16-25-11-9-22(29)28(2)14-10-18-4-6-19(7-5-18)23-26-12-13-27-23;3-2(4,5)1(6)7/h3-8,15,25H,9-14,16H2,1-2H3,(H,26,27);(H,6,7). The molecule has 0 aliphatic carbocycles. The van der Waals surface area contributed by atoms with Gasteiger partial charge in [0.15, 0.2) is 9.84 Å². The lowest BCUT2D eigenvalue weighted by atomic mass is 10.1. The fourth-order valence-corrected chi connectivity index (χ4v) is 4.84. The highest BCUT2D eigenvalue weighted by molar-refractivity contribution is 7.91. The van der Waals surface area contributed by atoms with Crippen LogP contribution in [0.15, 0.2) is 52.4 Å². The quantitative estimate of drug-likeness (QED) is 0.294. The topological polar surface area (TPSA) is 128 Å². The van der Waals surface area contributed by atoms with Crippen LogP contribution < -0.4 is 10.6 Å². The number of rotatable bonds is 10. The number of hydrogen-bond acceptors (Lipinski definition) is 7. The molecule has 1 aliphatic rings. The number of amides is 1. The molecular formula is C25H30F4N4O5S. The van der Waals surface area contributed by atoms with E-state index in [1.807, 2.05) is 24.3 Å². The van der Waals surface area contributed by atoms with Gasteiger partial charge in [0.1, 0.15) is 17.5 Å². The minimum Gasteiger partial charge on any atom is -0.475 e. The summed E-state index contributed by atoms with van der Waals surface area (Å²) in [5, 5.41) is 13.2. The van der Waals surface area contributed by atoms with Gasteiger partial charge < -0.3 is 20.6 Å². The predicted molar refractivity (Wildman–Crippen MR) is 137 cm³/mol. The van der Waals surface area contributed by atoms with Gasteiger partial charge in [-0.1, -0.05) is 30.3 Å². The van der Waals surface area contributed by atoms with Gasteiger partial charge in [0, 0.05) is 38.7 Å². The number of nitrogens with one attached hydrogen (secondary N) is 2. The fraction of sp³-hybridized carbons (Fsp3) is 0.400. The van der Waals surface area contributed by atoms with Crippen LogP contribution in [0, 0.1) is 12.7 Å². The van der Waals surface area contributed by atoms with Crippen molar-refractivity contribution in [1.82, 2.24) is 15.5 Å². The van der Waals surface area contributed by atoms with Gasteiger partial charge >= 0.3 is 12.1 Å². The van der Waals surface area contributed by atoms with Crippen molar-refractivity contribution in [2.24, 2.45) is 4.99 Å². The number of aliphatic imine (C=N–C) groups is 1. The van der Waals surface area contributed by atoms with Gasteiger partial charge in [-0.05, 0) is 36.6 Å². The maximum atomic E-state index is 13.4. The van der Waals surface area contributed by atoms with E-state index < -0.39 is 27.8 Å². The third kappa shape index (κ3) is 10.3. The molecule has 3 rings (SSSR count). The van der Waals surface area contributed by atoms with E-state index in [0.29, 0.717) is 12.1 Å². The summed E-state index contributed by atoms with van der Waals surface area (Å²) in [5.74, 6) is -2.85. The molecule has 14 heteroatoms. The zero-order valence-corrected chi connectivity index (χ0v) is 22.2. The molecule has 0 bridgehead atoms. The van der Waals surface area contributed by atoms with Crippen molar-refractivity contribution in [1.29, 1.82) is 0 Å². The maximum Gasteiger partial charge on any atom is 0.490 e. The number of nitrogens with zero attached hydrogens (tertiary/aromatic N) is 2. The number of aryl methyl sites for hydroxylation is 1. The third-order valence-electron chi connectivity index (χ3n) is 5.60. The van der Waals surface area contributed by atoms with E-state index in [0.717, 1.165) is 42.5 Å². The summed E-state index contributed by atoms with van der Waals surface area (Å²) in [6.45, 7) is 4.08. The first kappa shape index (κ1) is 31.7. The summed E-state index contributed by atoms with van der Waals surface area (Å²) in [5.41, 5.74) is 2.68. The molecule has 0 spiro atoms. The van der Waals surface area contributed by atoms with Crippen LogP contribution in [0.5, 0.6) is 0 Å². The molecule has 3 N–H and O–H groups in total. The van der Waals surface area contributed by atoms with Crippen LogP contribution in [0.25, 0.3) is 0 Å². The van der Waals surface area contributed by atoms with Gasteiger partial charge in [0.05, 0.1) is 11.4 Å². The van der Waals surface area contributed by atoms with Crippen molar-refractivity contribution in [3.05, 3.63) is 65.0 Å². The molecule has 1 amide bonds. The highest BCUT2D eigenvalue weighted by atomic mass is 32.2. The average Bonchev–Trinajstić information content (AvgIpc) is 3.41. The first-order valence-corrected chi connectivity index (χ1v) is 13.5. The van der Waals surface area contributed by atoms with Crippen LogP contribution in [0.2, 0.25) is 0 Å². The molecule has 9 nitrogen and oxygen atoms in total. The zero-order chi connectivity index (χ0) is 29.2. The number of likely N-dealkylation sites (N-methyl/N-ethyl adjacent to an activating group) is 1. The number of sulfone groups is 1. The van der Waals surface area contributed by atoms with E-state index in [2.05, 4.69) is 15.6 Å². The van der Waals surface area contributed by atoms with Crippen molar-refractivity contribution in [3.63, 3.8) is 0 Å². The molecule has 1 aliphatic heterocycles. The van der Waals surface area contributed by atoms with E-state index in [9.17, 15) is 30.8 Å². The Labute approximate surface area is 223 Å². The summed E-state index contributed by atoms with van der Waals surface area (Å²) in [7, 11) is -1.94. The lowest BCUT2D eigenvalue weighted by Gasteiger charge is -2.17. The number of halogens is 4. The Bertz CT molecular complexity index is 1280. The number of carboxylic acid groups (broad SMARTS) is 1. The van der Waals surface area contributed by atoms with Crippen molar-refractivity contribution < 1.29 is 40.7 Å². The largest absolute Gasteiger partial charge is 0.490 e. The number of aliphatic carboxylic acids is 1. The van der Waals surface area contributed by atoms with Gasteiger partial charge in [-0.2, -0.15) is 13.2 Å². The molecule has 2 aromatic rings. The minimum atomic E-state index is -5.08. The summed E-state index contributed by atoms with van der Waals surface area (Å²) in [6.07, 6.45) is -4.18. The van der Waals surface area contributed by atoms with Gasteiger partial charge in [-0.25, -0.2) is 17.6 Å². The van der Waals surface area contributed by atoms with E-state index in [4.69, 9.17) is 9.90 Å². The summed E-state index contributed by atoms with van der Waals surface area (Å²) in [6, 6.07) is 11.8. The van der Waals surface area contributed by atoms with Gasteiger partial charge in [0.2, 0.25) is 5.91 Å². The number of carboxylic acids is 1. The van der Waals surface area contributed by atoms with Gasteiger partial charge in [-0.15, -0.1) is 0 Å². The van der Waals surface area contributed by atoms with Crippen molar-refractivity contribution >= 4 is 27.5 Å². The molecule has 0 saturated heterocycles. The van der Waals surface area contributed by atoms with E-state index in [1.165, 1.54) is 12.1 Å². The first-order valence-electron chi connectivity index (χ1n) is 11.8. The molecule has 0 radical (unpaired) electrons. The highest BCUT2D eigenvalue weighted by Crippen LogP contribution is 2.17. The number of benzene rings is 2. The summed E-state index contributed by atoms with van der Waals surface area (Å²) >= 11 is 0. The number of carbonyl (C=O) groups is 2. The van der Waals surface area contributed by atoms with Crippen LogP contribution in [-0.4, -0.2) is 81.4 Å². The van der Waals surface area contributed by atoms with Crippen LogP contribution in [0.1, 0.15) is 23.1 Å². The van der Waals surface area contributed by atoms with Crippen molar-refractivity contribution in [2.45, 2.75) is 30.8 Å². The lowest BCUT2D eigenvalue weighted by Crippen LogP contribution is -2.33. The Kier molecular flexibility index (Phi) is 11.4. The number of alkyl halides is 3. The maximum absolute atomic E-state index is 13.4. The van der Waals surface area contributed by atoms with E-state index in [-0.39, 0.29) is 29.6 Å². The smallest absolute Gasteiger partial charge is 0.475 e. The Morgan fingerprint density at radius 3 is 2.36 bits per heavy atom. The highest BCUT2D eigenvalue weighted by Gasteiger charge is 2.38. The van der Waals surface area contributed by atoms with E-state index in [1.54, 1.807) is 18.9 Å². The molecule has 0 saturated carbocycles. The molecule has 0 fully saturated rings. The first-order chi connectivity index (χ1) is 18.2. The number of amidine groups is 1. The molecule has 214 valence electrons. The average molecular weight is 575 g/mol. The monoisotopic (exact) mass is 574 g/mol. The molecule has 0 atom stereocenters. The van der Waals surface area contributed by atoms with Crippen molar-refractivity contribution in [2.75, 3.05) is 39.1 Å². The van der Waals surface area contributed by atoms with Crippen LogP contribution in [0.4, 0.5) is 17.6 Å². The Hall–Kier alpha value is -3.52. The molecular weight excluding hydrogens is 544 g/mol. The van der Waals surface area contributed by atoms with E-state index >= 15 is 0 Å². The van der Waals surface area contributed by atoms with Crippen LogP contribution in [0.3, 0.4) is 0 Å².